The molecule has 0 spiro atoms. The summed E-state index contributed by atoms with van der Waals surface area (Å²) in [6, 6.07) is 4.43. The summed E-state index contributed by atoms with van der Waals surface area (Å²) in [5, 5.41) is 2.55. The molecule has 3 nitrogen and oxygen atoms in total. The van der Waals surface area contributed by atoms with Gasteiger partial charge < -0.3 is 11.1 Å². The average Bonchev–Trinajstić information content (AvgIpc) is 2.21. The predicted molar refractivity (Wildman–Crippen MR) is 68.1 cm³/mol. The fourth-order valence-electron chi connectivity index (χ4n) is 1.92. The van der Waals surface area contributed by atoms with Gasteiger partial charge in [0.15, 0.2) is 0 Å². The maximum atomic E-state index is 13.4. The van der Waals surface area contributed by atoms with Crippen LogP contribution in [0.3, 0.4) is 0 Å². The second-order valence-electron chi connectivity index (χ2n) is 4.57. The number of carbonyl (C=O) groups is 1. The van der Waals surface area contributed by atoms with Crippen LogP contribution in [0.25, 0.3) is 0 Å². The average molecular weight is 301 g/mol. The Bertz CT molecular complexity index is 446. The first-order valence-electron chi connectivity index (χ1n) is 5.52. The molecule has 0 aromatic heterocycles. The molecule has 17 heavy (non-hydrogen) atoms. The number of hydrogen-bond acceptors (Lipinski definition) is 2. The minimum Gasteiger partial charge on any atom is -0.325 e. The summed E-state index contributed by atoms with van der Waals surface area (Å²) in [6.07, 6.45) is 3.04. The Balaban J connectivity index is 2.00. The Kier molecular flexibility index (Phi) is 3.49. The van der Waals surface area contributed by atoms with Crippen molar-refractivity contribution >= 4 is 27.5 Å². The fourth-order valence-corrected chi connectivity index (χ4v) is 2.28. The summed E-state index contributed by atoms with van der Waals surface area (Å²) < 4.78 is 14.1. The van der Waals surface area contributed by atoms with Crippen LogP contribution in [0.5, 0.6) is 0 Å². The number of amides is 1. The molecule has 0 saturated heterocycles. The van der Waals surface area contributed by atoms with Crippen molar-refractivity contribution in [2.75, 3.05) is 5.32 Å². The van der Waals surface area contributed by atoms with Gasteiger partial charge in [0.2, 0.25) is 5.91 Å². The summed E-state index contributed by atoms with van der Waals surface area (Å²) in [7, 11) is 0. The highest BCUT2D eigenvalue weighted by atomic mass is 79.9. The number of anilines is 1. The van der Waals surface area contributed by atoms with Crippen molar-refractivity contribution in [2.24, 2.45) is 5.73 Å². The number of nitrogens with one attached hydrogen (secondary N) is 1. The van der Waals surface area contributed by atoms with Crippen LogP contribution >= 0.6 is 15.9 Å². The molecule has 3 N–H and O–H groups in total. The Hall–Kier alpha value is -0.940. The highest BCUT2D eigenvalue weighted by molar-refractivity contribution is 9.10. The third-order valence-electron chi connectivity index (χ3n) is 3.06. The van der Waals surface area contributed by atoms with Crippen LogP contribution in [0.1, 0.15) is 25.7 Å². The lowest BCUT2D eigenvalue weighted by Crippen LogP contribution is -2.48. The van der Waals surface area contributed by atoms with Gasteiger partial charge in [-0.3, -0.25) is 4.79 Å². The second kappa shape index (κ2) is 4.74. The van der Waals surface area contributed by atoms with E-state index in [-0.39, 0.29) is 23.6 Å². The van der Waals surface area contributed by atoms with Gasteiger partial charge >= 0.3 is 0 Å². The van der Waals surface area contributed by atoms with Gasteiger partial charge in [0, 0.05) is 16.4 Å². The van der Waals surface area contributed by atoms with E-state index in [1.54, 1.807) is 6.07 Å². The molecular weight excluding hydrogens is 287 g/mol. The summed E-state index contributed by atoms with van der Waals surface area (Å²) in [4.78, 5) is 11.7. The molecule has 0 atom stereocenters. The van der Waals surface area contributed by atoms with Crippen LogP contribution in [0.15, 0.2) is 22.7 Å². The maximum Gasteiger partial charge on any atom is 0.226 e. The first kappa shape index (κ1) is 12.5. The summed E-state index contributed by atoms with van der Waals surface area (Å²) in [5.74, 6) is -0.676. The van der Waals surface area contributed by atoms with Crippen LogP contribution in [-0.2, 0) is 4.79 Å². The van der Waals surface area contributed by atoms with Crippen LogP contribution in [0.2, 0.25) is 0 Å². The number of rotatable bonds is 3. The molecule has 0 radical (unpaired) electrons. The maximum absolute atomic E-state index is 13.4. The minimum absolute atomic E-state index is 0.187. The van der Waals surface area contributed by atoms with Gasteiger partial charge in [-0.05, 0) is 37.5 Å². The van der Waals surface area contributed by atoms with Crippen molar-refractivity contribution in [1.29, 1.82) is 0 Å². The molecule has 1 aromatic carbocycles. The molecule has 0 bridgehead atoms. The third kappa shape index (κ3) is 3.04. The first-order chi connectivity index (χ1) is 7.98. The summed E-state index contributed by atoms with van der Waals surface area (Å²) >= 11 is 3.23. The van der Waals surface area contributed by atoms with Gasteiger partial charge in [0.1, 0.15) is 5.82 Å². The predicted octanol–water partition coefficient (Wildman–Crippen LogP) is 2.80. The normalized spacial score (nSPS) is 17.4. The molecule has 1 aliphatic carbocycles. The van der Waals surface area contributed by atoms with Crippen LogP contribution in [-0.4, -0.2) is 11.4 Å². The number of nitrogens with two attached hydrogens (primary N) is 1. The number of benzene rings is 1. The van der Waals surface area contributed by atoms with E-state index in [0.717, 1.165) is 23.7 Å². The molecule has 2 rings (SSSR count). The van der Waals surface area contributed by atoms with E-state index in [2.05, 4.69) is 21.2 Å². The number of carbonyl (C=O) groups excluding carboxylic acids is 1. The van der Waals surface area contributed by atoms with Gasteiger partial charge in [0.25, 0.3) is 0 Å². The van der Waals surface area contributed by atoms with Crippen LogP contribution in [0, 0.1) is 5.82 Å². The zero-order valence-electron chi connectivity index (χ0n) is 9.30. The van der Waals surface area contributed by atoms with Crippen molar-refractivity contribution < 1.29 is 9.18 Å². The third-order valence-corrected chi connectivity index (χ3v) is 3.56. The SMILES string of the molecule is NC1(CC(=O)Nc2cc(Br)ccc2F)CCC1. The largest absolute Gasteiger partial charge is 0.325 e. The molecule has 1 amide bonds. The Labute approximate surface area is 108 Å². The molecule has 1 aliphatic rings. The molecule has 1 saturated carbocycles. The first-order valence-corrected chi connectivity index (χ1v) is 6.32. The molecule has 0 aliphatic heterocycles. The Morgan fingerprint density at radius 3 is 2.82 bits per heavy atom. The highest BCUT2D eigenvalue weighted by Crippen LogP contribution is 2.32. The van der Waals surface area contributed by atoms with E-state index in [9.17, 15) is 9.18 Å². The molecule has 0 unspecified atom stereocenters. The summed E-state index contributed by atoms with van der Waals surface area (Å²) in [5.41, 5.74) is 5.77. The standard InChI is InChI=1S/C12H14BrFN2O/c13-8-2-3-9(14)10(6-8)16-11(17)7-12(15)4-1-5-12/h2-3,6H,1,4-5,7,15H2,(H,16,17). The van der Waals surface area contributed by atoms with Gasteiger partial charge in [-0.1, -0.05) is 15.9 Å². The van der Waals surface area contributed by atoms with E-state index in [0.29, 0.717) is 0 Å². The van der Waals surface area contributed by atoms with Crippen molar-refractivity contribution in [1.82, 2.24) is 0 Å². The Morgan fingerprint density at radius 2 is 2.24 bits per heavy atom. The van der Waals surface area contributed by atoms with Gasteiger partial charge in [-0.25, -0.2) is 4.39 Å². The molecule has 1 aromatic rings. The molecule has 0 heterocycles. The van der Waals surface area contributed by atoms with Crippen LogP contribution < -0.4 is 11.1 Å². The monoisotopic (exact) mass is 300 g/mol. The second-order valence-corrected chi connectivity index (χ2v) is 5.48. The zero-order valence-corrected chi connectivity index (χ0v) is 10.9. The van der Waals surface area contributed by atoms with Crippen molar-refractivity contribution in [3.63, 3.8) is 0 Å². The molecule has 92 valence electrons. The smallest absolute Gasteiger partial charge is 0.226 e. The topological polar surface area (TPSA) is 55.1 Å². The zero-order chi connectivity index (χ0) is 12.5. The minimum atomic E-state index is -0.443. The van der Waals surface area contributed by atoms with Gasteiger partial charge in [0.05, 0.1) is 5.69 Å². The number of halogens is 2. The molecular formula is C12H14BrFN2O. The molecule has 5 heteroatoms. The lowest BCUT2D eigenvalue weighted by Gasteiger charge is -2.37. The van der Waals surface area contributed by atoms with E-state index < -0.39 is 5.82 Å². The lowest BCUT2D eigenvalue weighted by molar-refractivity contribution is -0.118. The van der Waals surface area contributed by atoms with Crippen LogP contribution in [0.4, 0.5) is 10.1 Å². The van der Waals surface area contributed by atoms with Crippen molar-refractivity contribution in [3.05, 3.63) is 28.5 Å². The van der Waals surface area contributed by atoms with E-state index >= 15 is 0 Å². The Morgan fingerprint density at radius 1 is 1.53 bits per heavy atom. The van der Waals surface area contributed by atoms with E-state index in [4.69, 9.17) is 5.73 Å². The van der Waals surface area contributed by atoms with E-state index in [1.165, 1.54) is 12.1 Å². The van der Waals surface area contributed by atoms with Crippen molar-refractivity contribution in [2.45, 2.75) is 31.2 Å². The van der Waals surface area contributed by atoms with E-state index in [1.807, 2.05) is 0 Å². The van der Waals surface area contributed by atoms with Gasteiger partial charge in [-0.2, -0.15) is 0 Å². The van der Waals surface area contributed by atoms with Crippen molar-refractivity contribution in [3.8, 4) is 0 Å². The highest BCUT2D eigenvalue weighted by Gasteiger charge is 2.34. The fraction of sp³-hybridized carbons (Fsp3) is 0.417. The van der Waals surface area contributed by atoms with Gasteiger partial charge in [-0.15, -0.1) is 0 Å². The molecule has 1 fully saturated rings. The number of hydrogen-bond donors (Lipinski definition) is 2. The summed E-state index contributed by atoms with van der Waals surface area (Å²) in [6.45, 7) is 0. The quantitative estimate of drug-likeness (QED) is 0.902. The lowest BCUT2D eigenvalue weighted by atomic mass is 9.75.